The third-order valence-electron chi connectivity index (χ3n) is 8.30. The maximum absolute atomic E-state index is 12.8. The van der Waals surface area contributed by atoms with Gasteiger partial charge in [0.15, 0.2) is 0 Å². The van der Waals surface area contributed by atoms with Gasteiger partial charge in [0.05, 0.1) is 18.6 Å². The molecule has 0 saturated heterocycles. The van der Waals surface area contributed by atoms with Gasteiger partial charge in [-0.05, 0) is 113 Å². The number of unbranched alkanes of at least 4 members (excludes halogenated alkanes) is 2. The summed E-state index contributed by atoms with van der Waals surface area (Å²) >= 11 is 0. The van der Waals surface area contributed by atoms with Crippen molar-refractivity contribution < 1.29 is 14.3 Å². The molecule has 1 aliphatic rings. The second-order valence-electron chi connectivity index (χ2n) is 13.0. The van der Waals surface area contributed by atoms with Crippen molar-refractivity contribution >= 4 is 17.6 Å². The van der Waals surface area contributed by atoms with Crippen LogP contribution in [-0.4, -0.2) is 30.3 Å². The Hall–Kier alpha value is -2.63. The van der Waals surface area contributed by atoms with Gasteiger partial charge in [-0.1, -0.05) is 56.2 Å². The van der Waals surface area contributed by atoms with Crippen molar-refractivity contribution in [3.8, 4) is 5.75 Å². The zero-order chi connectivity index (χ0) is 29.4. The van der Waals surface area contributed by atoms with Gasteiger partial charge in [0.25, 0.3) is 0 Å². The smallest absolute Gasteiger partial charge is 0.313 e. The summed E-state index contributed by atoms with van der Waals surface area (Å²) in [6.07, 6.45) is 11.7. The minimum Gasteiger partial charge on any atom is -0.493 e. The molecule has 1 atom stereocenters. The van der Waals surface area contributed by atoms with Crippen molar-refractivity contribution in [3.63, 3.8) is 0 Å². The second kappa shape index (κ2) is 13.8. The first-order valence-corrected chi connectivity index (χ1v) is 15.1. The van der Waals surface area contributed by atoms with Crippen molar-refractivity contribution in [3.05, 3.63) is 64.7 Å². The van der Waals surface area contributed by atoms with Gasteiger partial charge >= 0.3 is 5.97 Å². The zero-order valence-electron chi connectivity index (χ0n) is 25.8. The number of allylic oxidation sites excluding steroid dienone is 1. The molecule has 5 heteroatoms. The van der Waals surface area contributed by atoms with Crippen LogP contribution in [0.3, 0.4) is 0 Å². The van der Waals surface area contributed by atoms with E-state index in [4.69, 9.17) is 20.9 Å². The predicted octanol–water partition coefficient (Wildman–Crippen LogP) is 7.48. The SMILES string of the molecule is CCCCCc1ccccc1C1=Cc2ccc(OCCCOC(=O)C(C)(C)C(C)(N)CC(C)(C)N)cc2CCC1. The minimum atomic E-state index is -0.857. The van der Waals surface area contributed by atoms with Crippen molar-refractivity contribution in [2.75, 3.05) is 13.2 Å². The van der Waals surface area contributed by atoms with Crippen LogP contribution in [-0.2, 0) is 22.4 Å². The highest BCUT2D eigenvalue weighted by Gasteiger charge is 2.47. The van der Waals surface area contributed by atoms with Crippen LogP contribution in [0.15, 0.2) is 42.5 Å². The quantitative estimate of drug-likeness (QED) is 0.189. The number of fused-ring (bicyclic) bond motifs is 1. The molecule has 2 aromatic rings. The molecule has 220 valence electrons. The molecule has 0 aliphatic heterocycles. The lowest BCUT2D eigenvalue weighted by Crippen LogP contribution is -2.59. The summed E-state index contributed by atoms with van der Waals surface area (Å²) in [7, 11) is 0. The lowest BCUT2D eigenvalue weighted by Gasteiger charge is -2.42. The van der Waals surface area contributed by atoms with E-state index in [9.17, 15) is 4.79 Å². The largest absolute Gasteiger partial charge is 0.493 e. The molecule has 0 bridgehead atoms. The zero-order valence-corrected chi connectivity index (χ0v) is 25.8. The minimum absolute atomic E-state index is 0.291. The van der Waals surface area contributed by atoms with Gasteiger partial charge in [-0.15, -0.1) is 0 Å². The Labute approximate surface area is 242 Å². The van der Waals surface area contributed by atoms with Gasteiger partial charge in [0.1, 0.15) is 5.75 Å². The summed E-state index contributed by atoms with van der Waals surface area (Å²) < 4.78 is 11.6. The van der Waals surface area contributed by atoms with E-state index in [0.717, 1.165) is 31.4 Å². The summed E-state index contributed by atoms with van der Waals surface area (Å²) in [4.78, 5) is 12.8. The Balaban J connectivity index is 1.56. The molecule has 0 aromatic heterocycles. The van der Waals surface area contributed by atoms with Gasteiger partial charge in [-0.2, -0.15) is 0 Å². The Morgan fingerprint density at radius 2 is 1.68 bits per heavy atom. The highest BCUT2D eigenvalue weighted by molar-refractivity contribution is 5.84. The third-order valence-corrected chi connectivity index (χ3v) is 8.30. The summed E-state index contributed by atoms with van der Waals surface area (Å²) in [5.74, 6) is 0.559. The molecule has 0 heterocycles. The number of esters is 1. The first kappa shape index (κ1) is 31.9. The fourth-order valence-electron chi connectivity index (χ4n) is 5.58. The molecule has 0 spiro atoms. The van der Waals surface area contributed by atoms with Gasteiger partial charge in [0, 0.05) is 17.5 Å². The Morgan fingerprint density at radius 1 is 0.925 bits per heavy atom. The molecule has 0 radical (unpaired) electrons. The summed E-state index contributed by atoms with van der Waals surface area (Å²) in [6, 6.07) is 15.3. The number of hydrogen-bond acceptors (Lipinski definition) is 5. The number of ether oxygens (including phenoxy) is 2. The fourth-order valence-corrected chi connectivity index (χ4v) is 5.58. The van der Waals surface area contributed by atoms with Crippen LogP contribution in [0.5, 0.6) is 5.75 Å². The summed E-state index contributed by atoms with van der Waals surface area (Å²) in [6.45, 7) is 12.4. The Bertz CT molecular complexity index is 1160. The standard InChI is InChI=1S/C35H52N2O3/c1-7-8-9-14-26-15-10-11-18-31(26)29-17-12-16-27-24-30(20-19-28(27)23-29)39-21-13-22-40-32(38)34(4,5)35(6,37)25-33(2,3)36/h10-11,15,18-20,23-24H,7-9,12-14,16-17,21-22,25,36-37H2,1-6H3. The van der Waals surface area contributed by atoms with Gasteiger partial charge in [0.2, 0.25) is 0 Å². The van der Waals surface area contributed by atoms with E-state index < -0.39 is 16.5 Å². The van der Waals surface area contributed by atoms with Crippen LogP contribution in [0.25, 0.3) is 11.6 Å². The maximum atomic E-state index is 12.8. The van der Waals surface area contributed by atoms with E-state index >= 15 is 0 Å². The van der Waals surface area contributed by atoms with Crippen molar-refractivity contribution in [1.29, 1.82) is 0 Å². The Kier molecular flexibility index (Phi) is 11.0. The van der Waals surface area contributed by atoms with Crippen molar-refractivity contribution in [1.82, 2.24) is 0 Å². The van der Waals surface area contributed by atoms with Crippen LogP contribution in [0.2, 0.25) is 0 Å². The van der Waals surface area contributed by atoms with Crippen LogP contribution >= 0.6 is 0 Å². The number of nitrogens with two attached hydrogens (primary N) is 2. The summed E-state index contributed by atoms with van der Waals surface area (Å²) in [5, 5.41) is 0. The molecular weight excluding hydrogens is 496 g/mol. The number of carbonyl (C=O) groups excluding carboxylic acids is 1. The van der Waals surface area contributed by atoms with Crippen LogP contribution in [0, 0.1) is 5.41 Å². The van der Waals surface area contributed by atoms with Gasteiger partial charge in [-0.3, -0.25) is 4.79 Å². The molecule has 1 unspecified atom stereocenters. The molecule has 0 saturated carbocycles. The highest BCUT2D eigenvalue weighted by Crippen LogP contribution is 2.36. The number of carbonyl (C=O) groups is 1. The van der Waals surface area contributed by atoms with E-state index in [0.29, 0.717) is 26.1 Å². The van der Waals surface area contributed by atoms with E-state index in [1.54, 1.807) is 0 Å². The first-order valence-electron chi connectivity index (χ1n) is 15.1. The molecule has 1 aliphatic carbocycles. The summed E-state index contributed by atoms with van der Waals surface area (Å²) in [5.41, 5.74) is 17.5. The molecule has 0 fully saturated rings. The van der Waals surface area contributed by atoms with E-state index in [-0.39, 0.29) is 5.97 Å². The van der Waals surface area contributed by atoms with Gasteiger partial charge in [-0.25, -0.2) is 0 Å². The lowest BCUT2D eigenvalue weighted by molar-refractivity contribution is -0.158. The topological polar surface area (TPSA) is 87.6 Å². The molecule has 4 N–H and O–H groups in total. The van der Waals surface area contributed by atoms with Crippen LogP contribution in [0.1, 0.15) is 109 Å². The normalized spacial score (nSPS) is 15.4. The Morgan fingerprint density at radius 3 is 2.40 bits per heavy atom. The second-order valence-corrected chi connectivity index (χ2v) is 13.0. The molecule has 2 aromatic carbocycles. The average molecular weight is 549 g/mol. The number of aryl methyl sites for hydroxylation is 2. The lowest BCUT2D eigenvalue weighted by atomic mass is 9.68. The number of hydrogen-bond donors (Lipinski definition) is 2. The average Bonchev–Trinajstić information content (AvgIpc) is 3.09. The van der Waals surface area contributed by atoms with E-state index in [1.807, 2.05) is 34.6 Å². The van der Waals surface area contributed by atoms with Crippen LogP contribution < -0.4 is 16.2 Å². The monoisotopic (exact) mass is 548 g/mol. The molecule has 0 amide bonds. The van der Waals surface area contributed by atoms with Gasteiger partial charge < -0.3 is 20.9 Å². The maximum Gasteiger partial charge on any atom is 0.313 e. The predicted molar refractivity (Wildman–Crippen MR) is 167 cm³/mol. The van der Waals surface area contributed by atoms with Crippen LogP contribution in [0.4, 0.5) is 0 Å². The van der Waals surface area contributed by atoms with Crippen molar-refractivity contribution in [2.45, 2.75) is 110 Å². The van der Waals surface area contributed by atoms with Crippen molar-refractivity contribution in [2.24, 2.45) is 16.9 Å². The molecule has 3 rings (SSSR count). The first-order chi connectivity index (χ1) is 18.8. The molecule has 40 heavy (non-hydrogen) atoms. The molecule has 5 nitrogen and oxygen atoms in total. The highest BCUT2D eigenvalue weighted by atomic mass is 16.5. The van der Waals surface area contributed by atoms with E-state index in [2.05, 4.69) is 55.5 Å². The number of rotatable bonds is 14. The third kappa shape index (κ3) is 8.68. The molecular formula is C35H52N2O3. The number of benzene rings is 2. The van der Waals surface area contributed by atoms with E-state index in [1.165, 1.54) is 47.1 Å². The fraction of sp³-hybridized carbons (Fsp3) is 0.571.